The number of phenolic OH excluding ortho intramolecular Hbond substituents is 1. The number of nitrogens with zero attached hydrogens (tertiary/aromatic N) is 4. The largest absolute Gasteiger partial charge is 0.508 e. The van der Waals surface area contributed by atoms with E-state index in [0.29, 0.717) is 21.7 Å². The summed E-state index contributed by atoms with van der Waals surface area (Å²) in [7, 11) is 1.50. The molecule has 1 aromatic heterocycles. The Morgan fingerprint density at radius 3 is 2.89 bits per heavy atom. The molecule has 0 bridgehead atoms. The standard InChI is InChI=1S/C10H10N4O2S2/c1-16-8-5-6(15)3-4-7(8)12-13-9-11-10(17-2)14-18-9/h3-5,15H,1-2H3. The van der Waals surface area contributed by atoms with E-state index in [-0.39, 0.29) is 5.75 Å². The zero-order valence-electron chi connectivity index (χ0n) is 9.69. The Hall–Kier alpha value is -1.67. The topological polar surface area (TPSA) is 80.0 Å². The highest BCUT2D eigenvalue weighted by Gasteiger charge is 2.04. The second kappa shape index (κ2) is 5.78. The molecule has 94 valence electrons. The average molecular weight is 282 g/mol. The van der Waals surface area contributed by atoms with Crippen molar-refractivity contribution in [2.75, 3.05) is 13.4 Å². The minimum absolute atomic E-state index is 0.117. The van der Waals surface area contributed by atoms with Crippen LogP contribution in [0.1, 0.15) is 0 Å². The first-order valence-corrected chi connectivity index (χ1v) is 6.89. The maximum absolute atomic E-state index is 9.31. The normalized spacial score (nSPS) is 11.0. The van der Waals surface area contributed by atoms with Gasteiger partial charge in [-0.1, -0.05) is 11.8 Å². The van der Waals surface area contributed by atoms with Gasteiger partial charge < -0.3 is 9.84 Å². The molecule has 0 aliphatic rings. The first-order chi connectivity index (χ1) is 8.72. The van der Waals surface area contributed by atoms with Crippen molar-refractivity contribution in [1.29, 1.82) is 0 Å². The van der Waals surface area contributed by atoms with Gasteiger partial charge in [0, 0.05) is 17.6 Å². The van der Waals surface area contributed by atoms with Crippen molar-refractivity contribution in [1.82, 2.24) is 9.36 Å². The van der Waals surface area contributed by atoms with Crippen molar-refractivity contribution in [3.8, 4) is 11.5 Å². The molecule has 6 nitrogen and oxygen atoms in total. The van der Waals surface area contributed by atoms with Crippen molar-refractivity contribution >= 4 is 34.1 Å². The number of aromatic nitrogens is 2. The first-order valence-electron chi connectivity index (χ1n) is 4.89. The van der Waals surface area contributed by atoms with Gasteiger partial charge in [0.25, 0.3) is 0 Å². The van der Waals surface area contributed by atoms with Gasteiger partial charge in [0.2, 0.25) is 10.3 Å². The van der Waals surface area contributed by atoms with E-state index in [9.17, 15) is 5.11 Å². The Morgan fingerprint density at radius 1 is 1.39 bits per heavy atom. The molecule has 1 N–H and O–H groups in total. The van der Waals surface area contributed by atoms with Crippen LogP contribution in [0.5, 0.6) is 11.5 Å². The number of hydrogen-bond donors (Lipinski definition) is 1. The highest BCUT2D eigenvalue weighted by atomic mass is 32.2. The maximum Gasteiger partial charge on any atom is 0.250 e. The third-order valence-corrected chi connectivity index (χ3v) is 3.25. The maximum atomic E-state index is 9.31. The van der Waals surface area contributed by atoms with Gasteiger partial charge in [0.05, 0.1) is 7.11 Å². The Labute approximate surface area is 112 Å². The molecule has 0 radical (unpaired) electrons. The van der Waals surface area contributed by atoms with E-state index in [0.717, 1.165) is 0 Å². The van der Waals surface area contributed by atoms with Crippen LogP contribution in [0.3, 0.4) is 0 Å². The second-order valence-corrected chi connectivity index (χ2v) is 4.62. The third-order valence-electron chi connectivity index (χ3n) is 1.99. The monoisotopic (exact) mass is 282 g/mol. The molecule has 18 heavy (non-hydrogen) atoms. The van der Waals surface area contributed by atoms with Crippen molar-refractivity contribution < 1.29 is 9.84 Å². The molecule has 1 heterocycles. The Bertz CT molecular complexity index is 571. The van der Waals surface area contributed by atoms with Gasteiger partial charge in [-0.2, -0.15) is 9.36 Å². The molecule has 0 aliphatic heterocycles. The third kappa shape index (κ3) is 2.96. The SMILES string of the molecule is COc1cc(O)ccc1N=Nc1nc(SC)ns1. The van der Waals surface area contributed by atoms with Crippen LogP contribution in [0.15, 0.2) is 33.6 Å². The summed E-state index contributed by atoms with van der Waals surface area (Å²) in [6.45, 7) is 0. The van der Waals surface area contributed by atoms with E-state index in [1.807, 2.05) is 6.26 Å². The summed E-state index contributed by atoms with van der Waals surface area (Å²) in [5.41, 5.74) is 0.524. The van der Waals surface area contributed by atoms with Gasteiger partial charge >= 0.3 is 0 Å². The number of ether oxygens (including phenoxy) is 1. The molecule has 0 saturated heterocycles. The van der Waals surface area contributed by atoms with Crippen LogP contribution in [-0.2, 0) is 0 Å². The number of aromatic hydroxyl groups is 1. The van der Waals surface area contributed by atoms with E-state index < -0.39 is 0 Å². The average Bonchev–Trinajstić information content (AvgIpc) is 2.85. The molecule has 1 aromatic carbocycles. The molecule has 0 amide bonds. The summed E-state index contributed by atoms with van der Waals surface area (Å²) in [4.78, 5) is 4.14. The molecule has 0 saturated carbocycles. The van der Waals surface area contributed by atoms with Gasteiger partial charge in [0.1, 0.15) is 17.2 Å². The zero-order valence-corrected chi connectivity index (χ0v) is 11.3. The fourth-order valence-electron chi connectivity index (χ4n) is 1.17. The summed E-state index contributed by atoms with van der Waals surface area (Å²) in [5, 5.41) is 18.5. The fraction of sp³-hybridized carbons (Fsp3) is 0.200. The predicted octanol–water partition coefficient (Wildman–Crippen LogP) is 3.39. The van der Waals surface area contributed by atoms with E-state index >= 15 is 0 Å². The minimum atomic E-state index is 0.117. The van der Waals surface area contributed by atoms with E-state index in [1.54, 1.807) is 6.07 Å². The van der Waals surface area contributed by atoms with Crippen LogP contribution >= 0.6 is 23.3 Å². The van der Waals surface area contributed by atoms with Crippen molar-refractivity contribution in [2.45, 2.75) is 5.16 Å². The van der Waals surface area contributed by atoms with Gasteiger partial charge in [-0.25, -0.2) is 0 Å². The predicted molar refractivity (Wildman–Crippen MR) is 70.5 cm³/mol. The Balaban J connectivity index is 2.22. The number of rotatable bonds is 4. The summed E-state index contributed by atoms with van der Waals surface area (Å²) in [6, 6.07) is 4.61. The van der Waals surface area contributed by atoms with E-state index in [2.05, 4.69) is 19.6 Å². The Kier molecular flexibility index (Phi) is 4.11. The summed E-state index contributed by atoms with van der Waals surface area (Å²) in [6.07, 6.45) is 1.89. The lowest BCUT2D eigenvalue weighted by molar-refractivity contribution is 0.408. The molecular formula is C10H10N4O2S2. The zero-order chi connectivity index (χ0) is 13.0. The first kappa shape index (κ1) is 12.8. The van der Waals surface area contributed by atoms with Crippen LogP contribution in [-0.4, -0.2) is 27.8 Å². The van der Waals surface area contributed by atoms with Gasteiger partial charge in [-0.3, -0.25) is 0 Å². The molecule has 0 aliphatic carbocycles. The lowest BCUT2D eigenvalue weighted by atomic mass is 10.3. The number of thioether (sulfide) groups is 1. The van der Waals surface area contributed by atoms with Gasteiger partial charge in [0.15, 0.2) is 0 Å². The van der Waals surface area contributed by atoms with Crippen LogP contribution in [0.4, 0.5) is 10.8 Å². The molecule has 0 unspecified atom stereocenters. The lowest BCUT2D eigenvalue weighted by Gasteiger charge is -2.02. The summed E-state index contributed by atoms with van der Waals surface area (Å²) in [5.74, 6) is 0.569. The van der Waals surface area contributed by atoms with E-state index in [4.69, 9.17) is 4.74 Å². The summed E-state index contributed by atoms with van der Waals surface area (Å²) < 4.78 is 9.16. The van der Waals surface area contributed by atoms with Gasteiger partial charge in [-0.05, 0) is 18.4 Å². The Morgan fingerprint density at radius 2 is 2.22 bits per heavy atom. The van der Waals surface area contributed by atoms with Crippen LogP contribution in [0.25, 0.3) is 0 Å². The molecule has 0 spiro atoms. The lowest BCUT2D eigenvalue weighted by Crippen LogP contribution is -1.82. The van der Waals surface area contributed by atoms with Crippen LogP contribution in [0.2, 0.25) is 0 Å². The quantitative estimate of drug-likeness (QED) is 0.686. The molecule has 2 rings (SSSR count). The molecule has 0 atom stereocenters. The van der Waals surface area contributed by atoms with Crippen molar-refractivity contribution in [2.24, 2.45) is 10.2 Å². The van der Waals surface area contributed by atoms with Crippen LogP contribution in [0, 0.1) is 0 Å². The number of benzene rings is 1. The highest BCUT2D eigenvalue weighted by molar-refractivity contribution is 7.98. The molecule has 0 fully saturated rings. The summed E-state index contributed by atoms with van der Waals surface area (Å²) >= 11 is 2.63. The molecule has 2 aromatic rings. The highest BCUT2D eigenvalue weighted by Crippen LogP contribution is 2.32. The smallest absolute Gasteiger partial charge is 0.250 e. The number of methoxy groups -OCH3 is 1. The van der Waals surface area contributed by atoms with E-state index in [1.165, 1.54) is 42.5 Å². The van der Waals surface area contributed by atoms with Crippen LogP contribution < -0.4 is 4.74 Å². The minimum Gasteiger partial charge on any atom is -0.508 e. The molecular weight excluding hydrogens is 272 g/mol. The van der Waals surface area contributed by atoms with Crippen molar-refractivity contribution in [3.63, 3.8) is 0 Å². The van der Waals surface area contributed by atoms with Gasteiger partial charge in [-0.15, -0.1) is 10.2 Å². The molecule has 8 heteroatoms. The number of azo groups is 1. The number of hydrogen-bond acceptors (Lipinski definition) is 8. The number of phenols is 1. The fourth-order valence-corrected chi connectivity index (χ4v) is 2.22. The second-order valence-electron chi connectivity index (χ2n) is 3.12. The van der Waals surface area contributed by atoms with Crippen molar-refractivity contribution in [3.05, 3.63) is 18.2 Å².